The van der Waals surface area contributed by atoms with Crippen molar-refractivity contribution in [2.24, 2.45) is 5.92 Å². The van der Waals surface area contributed by atoms with Crippen LogP contribution in [0.2, 0.25) is 0 Å². The van der Waals surface area contributed by atoms with E-state index < -0.39 is 0 Å². The van der Waals surface area contributed by atoms with Crippen LogP contribution >= 0.6 is 0 Å². The Kier molecular flexibility index (Phi) is 10.7. The van der Waals surface area contributed by atoms with E-state index in [0.29, 0.717) is 25.0 Å². The Labute approximate surface area is 136 Å². The summed E-state index contributed by atoms with van der Waals surface area (Å²) in [6.45, 7) is 6.78. The fraction of sp³-hybridized carbons (Fsp3) is 0.600. The number of hydrogen-bond donors (Lipinski definition) is 0. The van der Waals surface area contributed by atoms with Gasteiger partial charge < -0.3 is 9.47 Å². The van der Waals surface area contributed by atoms with Crippen LogP contribution in [0.5, 0.6) is 0 Å². The van der Waals surface area contributed by atoms with E-state index in [1.54, 1.807) is 7.11 Å². The molecule has 124 valence electrons. The second-order valence-corrected chi connectivity index (χ2v) is 6.11. The molecule has 0 aromatic heterocycles. The molecule has 0 bridgehead atoms. The zero-order valence-corrected chi connectivity index (χ0v) is 14.5. The van der Waals surface area contributed by atoms with Crippen molar-refractivity contribution in [3.05, 3.63) is 48.0 Å². The van der Waals surface area contributed by atoms with Gasteiger partial charge in [-0.2, -0.15) is 0 Å². The SMILES string of the molecule is COCCOCC(C)CC/C=C/CCC(C)c1ccccc1. The monoisotopic (exact) mass is 304 g/mol. The van der Waals surface area contributed by atoms with Crippen LogP contribution in [0.4, 0.5) is 0 Å². The molecule has 2 nitrogen and oxygen atoms in total. The molecule has 0 amide bonds. The lowest BCUT2D eigenvalue weighted by Crippen LogP contribution is -2.09. The Morgan fingerprint density at radius 1 is 0.955 bits per heavy atom. The summed E-state index contributed by atoms with van der Waals surface area (Å²) >= 11 is 0. The molecule has 0 saturated carbocycles. The summed E-state index contributed by atoms with van der Waals surface area (Å²) in [5, 5.41) is 0. The molecule has 2 heteroatoms. The third kappa shape index (κ3) is 9.01. The van der Waals surface area contributed by atoms with Crippen molar-refractivity contribution in [2.45, 2.75) is 45.4 Å². The van der Waals surface area contributed by atoms with Crippen LogP contribution in [-0.2, 0) is 9.47 Å². The van der Waals surface area contributed by atoms with Gasteiger partial charge in [-0.25, -0.2) is 0 Å². The highest BCUT2D eigenvalue weighted by Crippen LogP contribution is 2.20. The average Bonchev–Trinajstić information content (AvgIpc) is 2.55. The summed E-state index contributed by atoms with van der Waals surface area (Å²) in [5.74, 6) is 1.25. The highest BCUT2D eigenvalue weighted by Gasteiger charge is 2.03. The van der Waals surface area contributed by atoms with E-state index in [1.807, 2.05) is 0 Å². The molecule has 2 unspecified atom stereocenters. The first-order valence-electron chi connectivity index (χ1n) is 8.50. The van der Waals surface area contributed by atoms with Crippen LogP contribution in [0.3, 0.4) is 0 Å². The minimum absolute atomic E-state index is 0.616. The Morgan fingerprint density at radius 3 is 2.32 bits per heavy atom. The first-order chi connectivity index (χ1) is 10.7. The normalized spacial score (nSPS) is 14.3. The van der Waals surface area contributed by atoms with E-state index in [9.17, 15) is 0 Å². The molecule has 2 atom stereocenters. The molecule has 0 saturated heterocycles. The van der Waals surface area contributed by atoms with Gasteiger partial charge in [0.05, 0.1) is 13.2 Å². The minimum atomic E-state index is 0.616. The summed E-state index contributed by atoms with van der Waals surface area (Å²) in [6.07, 6.45) is 9.37. The van der Waals surface area contributed by atoms with Gasteiger partial charge in [-0.1, -0.05) is 56.3 Å². The molecule has 0 heterocycles. The zero-order chi connectivity index (χ0) is 16.0. The standard InChI is InChI=1S/C20H32O2/c1-18(17-22-16-15-21-3)11-7-4-5-8-12-19(2)20-13-9-6-10-14-20/h4-6,9-10,13-14,18-19H,7-8,11-12,15-17H2,1-3H3/b5-4+. The topological polar surface area (TPSA) is 18.5 Å². The number of rotatable bonds is 12. The van der Waals surface area contributed by atoms with Gasteiger partial charge in [0, 0.05) is 13.7 Å². The number of methoxy groups -OCH3 is 1. The third-order valence-corrected chi connectivity index (χ3v) is 3.96. The first kappa shape index (κ1) is 18.9. The van der Waals surface area contributed by atoms with E-state index in [2.05, 4.69) is 56.3 Å². The van der Waals surface area contributed by atoms with Crippen molar-refractivity contribution in [1.29, 1.82) is 0 Å². The summed E-state index contributed by atoms with van der Waals surface area (Å²) in [4.78, 5) is 0. The first-order valence-corrected chi connectivity index (χ1v) is 8.50. The van der Waals surface area contributed by atoms with Gasteiger partial charge in [-0.15, -0.1) is 0 Å². The number of ether oxygens (including phenoxy) is 2. The van der Waals surface area contributed by atoms with Gasteiger partial charge in [0.25, 0.3) is 0 Å². The van der Waals surface area contributed by atoms with Crippen LogP contribution in [0.1, 0.15) is 51.0 Å². The minimum Gasteiger partial charge on any atom is -0.382 e. The molecule has 0 fully saturated rings. The van der Waals surface area contributed by atoms with Crippen molar-refractivity contribution in [1.82, 2.24) is 0 Å². The second-order valence-electron chi connectivity index (χ2n) is 6.11. The van der Waals surface area contributed by atoms with Crippen LogP contribution in [0.15, 0.2) is 42.5 Å². The lowest BCUT2D eigenvalue weighted by atomic mass is 9.96. The van der Waals surface area contributed by atoms with E-state index in [-0.39, 0.29) is 0 Å². The van der Waals surface area contributed by atoms with Crippen LogP contribution in [0.25, 0.3) is 0 Å². The van der Waals surface area contributed by atoms with Crippen molar-refractivity contribution in [3.63, 3.8) is 0 Å². The molecule has 0 aliphatic carbocycles. The quantitative estimate of drug-likeness (QED) is 0.390. The smallest absolute Gasteiger partial charge is 0.0700 e. The summed E-state index contributed by atoms with van der Waals surface area (Å²) < 4.78 is 10.5. The molecule has 1 aromatic rings. The van der Waals surface area contributed by atoms with Gasteiger partial charge in [0.1, 0.15) is 0 Å². The zero-order valence-electron chi connectivity index (χ0n) is 14.5. The Morgan fingerprint density at radius 2 is 1.64 bits per heavy atom. The maximum atomic E-state index is 5.55. The Balaban J connectivity index is 2.04. The molecule has 0 radical (unpaired) electrons. The van der Waals surface area contributed by atoms with Crippen molar-refractivity contribution in [2.75, 3.05) is 26.9 Å². The molecular weight excluding hydrogens is 272 g/mol. The van der Waals surface area contributed by atoms with Gasteiger partial charge in [-0.3, -0.25) is 0 Å². The summed E-state index contributed by atoms with van der Waals surface area (Å²) in [7, 11) is 1.70. The van der Waals surface area contributed by atoms with E-state index >= 15 is 0 Å². The molecular formula is C20H32O2. The number of allylic oxidation sites excluding steroid dienone is 2. The molecule has 0 N–H and O–H groups in total. The van der Waals surface area contributed by atoms with Crippen molar-refractivity contribution >= 4 is 0 Å². The molecule has 1 aromatic carbocycles. The third-order valence-electron chi connectivity index (χ3n) is 3.96. The largest absolute Gasteiger partial charge is 0.382 e. The van der Waals surface area contributed by atoms with Gasteiger partial charge in [0.15, 0.2) is 0 Å². The van der Waals surface area contributed by atoms with Gasteiger partial charge in [0.2, 0.25) is 0 Å². The summed E-state index contributed by atoms with van der Waals surface area (Å²) in [5.41, 5.74) is 1.44. The predicted molar refractivity (Wildman–Crippen MR) is 94.3 cm³/mol. The second kappa shape index (κ2) is 12.4. The number of hydrogen-bond acceptors (Lipinski definition) is 2. The van der Waals surface area contributed by atoms with Crippen LogP contribution in [0, 0.1) is 5.92 Å². The lowest BCUT2D eigenvalue weighted by molar-refractivity contribution is 0.0531. The maximum absolute atomic E-state index is 5.55. The molecule has 0 aliphatic heterocycles. The van der Waals surface area contributed by atoms with Gasteiger partial charge >= 0.3 is 0 Å². The average molecular weight is 304 g/mol. The van der Waals surface area contributed by atoms with Crippen molar-refractivity contribution in [3.8, 4) is 0 Å². The highest BCUT2D eigenvalue weighted by molar-refractivity contribution is 5.18. The Hall–Kier alpha value is -1.12. The maximum Gasteiger partial charge on any atom is 0.0700 e. The van der Waals surface area contributed by atoms with E-state index in [1.165, 1.54) is 18.4 Å². The lowest BCUT2D eigenvalue weighted by Gasteiger charge is -2.11. The summed E-state index contributed by atoms with van der Waals surface area (Å²) in [6, 6.07) is 10.8. The van der Waals surface area contributed by atoms with Crippen LogP contribution in [-0.4, -0.2) is 26.9 Å². The number of benzene rings is 1. The van der Waals surface area contributed by atoms with E-state index in [0.717, 1.165) is 19.4 Å². The predicted octanol–water partition coefficient (Wildman–Crippen LogP) is 5.21. The molecule has 0 spiro atoms. The van der Waals surface area contributed by atoms with Crippen LogP contribution < -0.4 is 0 Å². The fourth-order valence-corrected chi connectivity index (χ4v) is 2.42. The molecule has 0 aliphatic rings. The molecule has 22 heavy (non-hydrogen) atoms. The fourth-order valence-electron chi connectivity index (χ4n) is 2.42. The van der Waals surface area contributed by atoms with Crippen molar-refractivity contribution < 1.29 is 9.47 Å². The van der Waals surface area contributed by atoms with Gasteiger partial charge in [-0.05, 0) is 43.1 Å². The van der Waals surface area contributed by atoms with E-state index in [4.69, 9.17) is 9.47 Å². The molecule has 1 rings (SSSR count). The highest BCUT2D eigenvalue weighted by atomic mass is 16.5. The Bertz CT molecular complexity index is 386.